The van der Waals surface area contributed by atoms with E-state index in [1.807, 2.05) is 54.8 Å². The van der Waals surface area contributed by atoms with Crippen molar-refractivity contribution in [3.05, 3.63) is 47.5 Å². The van der Waals surface area contributed by atoms with Crippen LogP contribution in [0, 0.1) is 6.92 Å². The molecule has 1 saturated heterocycles. The van der Waals surface area contributed by atoms with E-state index in [0.717, 1.165) is 23.7 Å². The number of nitrogens with zero attached hydrogens (tertiary/aromatic N) is 3. The van der Waals surface area contributed by atoms with Gasteiger partial charge < -0.3 is 19.5 Å². The lowest BCUT2D eigenvalue weighted by molar-refractivity contribution is 0.0620. The van der Waals surface area contributed by atoms with Crippen molar-refractivity contribution in [1.82, 2.24) is 19.8 Å². The number of carbonyl (C=O) groups excluding carboxylic acids is 1. The van der Waals surface area contributed by atoms with Crippen LogP contribution in [0.5, 0.6) is 5.75 Å². The van der Waals surface area contributed by atoms with Crippen LogP contribution in [0.15, 0.2) is 30.6 Å². The average molecular weight is 328 g/mol. The Balaban J connectivity index is 1.89. The van der Waals surface area contributed by atoms with Crippen LogP contribution in [0.4, 0.5) is 0 Å². The summed E-state index contributed by atoms with van der Waals surface area (Å²) < 4.78 is 7.60. The summed E-state index contributed by atoms with van der Waals surface area (Å²) in [6, 6.07) is 5.59. The Morgan fingerprint density at radius 2 is 2.29 bits per heavy atom. The number of aryl methyl sites for hydroxylation is 2. The predicted octanol–water partition coefficient (Wildman–Crippen LogP) is 1.91. The van der Waals surface area contributed by atoms with E-state index in [1.165, 1.54) is 0 Å². The molecule has 6 heteroatoms. The fourth-order valence-electron chi connectivity index (χ4n) is 3.09. The molecule has 0 aliphatic carbocycles. The quantitative estimate of drug-likeness (QED) is 0.931. The maximum absolute atomic E-state index is 13.1. The van der Waals surface area contributed by atoms with E-state index in [0.29, 0.717) is 25.3 Å². The summed E-state index contributed by atoms with van der Waals surface area (Å²) in [6.07, 6.45) is 3.68. The molecule has 128 valence electrons. The molecule has 0 radical (unpaired) electrons. The van der Waals surface area contributed by atoms with Gasteiger partial charge in [-0.05, 0) is 31.5 Å². The average Bonchev–Trinajstić information content (AvgIpc) is 3.02. The van der Waals surface area contributed by atoms with Crippen molar-refractivity contribution in [2.75, 3.05) is 26.2 Å². The van der Waals surface area contributed by atoms with Gasteiger partial charge >= 0.3 is 0 Å². The highest BCUT2D eigenvalue weighted by molar-refractivity contribution is 5.95. The van der Waals surface area contributed by atoms with E-state index < -0.39 is 0 Å². The summed E-state index contributed by atoms with van der Waals surface area (Å²) in [7, 11) is 1.96. The van der Waals surface area contributed by atoms with Crippen molar-refractivity contribution in [3.8, 4) is 5.75 Å². The molecule has 2 heterocycles. The van der Waals surface area contributed by atoms with Crippen LogP contribution in [-0.4, -0.2) is 46.6 Å². The molecule has 1 amide bonds. The summed E-state index contributed by atoms with van der Waals surface area (Å²) in [5, 5.41) is 3.36. The molecule has 1 aliphatic rings. The van der Waals surface area contributed by atoms with Crippen molar-refractivity contribution < 1.29 is 9.53 Å². The second kappa shape index (κ2) is 7.05. The molecule has 3 rings (SSSR count). The monoisotopic (exact) mass is 328 g/mol. The fourth-order valence-corrected chi connectivity index (χ4v) is 3.09. The molecule has 1 N–H and O–H groups in total. The summed E-state index contributed by atoms with van der Waals surface area (Å²) in [5.41, 5.74) is 1.69. The third-order valence-corrected chi connectivity index (χ3v) is 4.40. The van der Waals surface area contributed by atoms with Gasteiger partial charge in [0.15, 0.2) is 0 Å². The number of hydrogen-bond acceptors (Lipinski definition) is 4. The molecule has 1 unspecified atom stereocenters. The van der Waals surface area contributed by atoms with Crippen molar-refractivity contribution in [2.45, 2.75) is 19.9 Å². The predicted molar refractivity (Wildman–Crippen MR) is 92.2 cm³/mol. The van der Waals surface area contributed by atoms with Gasteiger partial charge in [-0.1, -0.05) is 6.07 Å². The van der Waals surface area contributed by atoms with Crippen molar-refractivity contribution in [1.29, 1.82) is 0 Å². The van der Waals surface area contributed by atoms with Crippen LogP contribution in [0.25, 0.3) is 0 Å². The molecule has 2 aromatic rings. The Morgan fingerprint density at radius 1 is 1.46 bits per heavy atom. The van der Waals surface area contributed by atoms with Crippen LogP contribution < -0.4 is 10.1 Å². The molecule has 6 nitrogen and oxygen atoms in total. The molecular weight excluding hydrogens is 304 g/mol. The van der Waals surface area contributed by atoms with E-state index in [1.54, 1.807) is 6.20 Å². The number of ether oxygens (including phenoxy) is 1. The summed E-state index contributed by atoms with van der Waals surface area (Å²) >= 11 is 0. The second-order valence-corrected chi connectivity index (χ2v) is 6.03. The zero-order valence-electron chi connectivity index (χ0n) is 14.5. The smallest absolute Gasteiger partial charge is 0.254 e. The van der Waals surface area contributed by atoms with Gasteiger partial charge in [0.2, 0.25) is 0 Å². The molecule has 1 aromatic carbocycles. The van der Waals surface area contributed by atoms with E-state index in [4.69, 9.17) is 4.74 Å². The van der Waals surface area contributed by atoms with Gasteiger partial charge in [0.25, 0.3) is 5.91 Å². The molecule has 1 aliphatic heterocycles. The molecule has 1 aromatic heterocycles. The number of carbonyl (C=O) groups is 1. The van der Waals surface area contributed by atoms with Gasteiger partial charge in [-0.2, -0.15) is 0 Å². The van der Waals surface area contributed by atoms with Gasteiger partial charge in [-0.25, -0.2) is 4.98 Å². The first-order valence-electron chi connectivity index (χ1n) is 8.34. The van der Waals surface area contributed by atoms with E-state index in [2.05, 4.69) is 10.3 Å². The minimum atomic E-state index is -0.0666. The SMILES string of the molecule is CCOc1cc(C(=O)N2CCNCC2c2nccn2C)ccc1C. The highest BCUT2D eigenvalue weighted by Crippen LogP contribution is 2.25. The van der Waals surface area contributed by atoms with E-state index in [9.17, 15) is 4.79 Å². The van der Waals surface area contributed by atoms with E-state index in [-0.39, 0.29) is 11.9 Å². The number of rotatable bonds is 4. The third-order valence-electron chi connectivity index (χ3n) is 4.40. The summed E-state index contributed by atoms with van der Waals surface area (Å²) in [5.74, 6) is 1.69. The van der Waals surface area contributed by atoms with Gasteiger partial charge in [0, 0.05) is 44.6 Å². The number of amides is 1. The lowest BCUT2D eigenvalue weighted by Gasteiger charge is -2.35. The van der Waals surface area contributed by atoms with E-state index >= 15 is 0 Å². The third kappa shape index (κ3) is 3.14. The Hall–Kier alpha value is -2.34. The highest BCUT2D eigenvalue weighted by atomic mass is 16.5. The topological polar surface area (TPSA) is 59.4 Å². The van der Waals surface area contributed by atoms with Crippen LogP contribution >= 0.6 is 0 Å². The first kappa shape index (κ1) is 16.5. The van der Waals surface area contributed by atoms with Crippen molar-refractivity contribution >= 4 is 5.91 Å². The molecule has 0 bridgehead atoms. The Kier molecular flexibility index (Phi) is 4.85. The van der Waals surface area contributed by atoms with Crippen molar-refractivity contribution in [3.63, 3.8) is 0 Å². The standard InChI is InChI=1S/C18H24N4O2/c1-4-24-16-11-14(6-5-13(16)2)18(23)22-10-7-19-12-15(22)17-20-8-9-21(17)3/h5-6,8-9,11,15,19H,4,7,10,12H2,1-3H3. The zero-order chi connectivity index (χ0) is 17.1. The molecule has 24 heavy (non-hydrogen) atoms. The summed E-state index contributed by atoms with van der Waals surface area (Å²) in [6.45, 7) is 6.68. The van der Waals surface area contributed by atoms with Crippen LogP contribution in [0.2, 0.25) is 0 Å². The Morgan fingerprint density at radius 3 is 3.00 bits per heavy atom. The molecule has 1 atom stereocenters. The molecule has 0 saturated carbocycles. The maximum Gasteiger partial charge on any atom is 0.254 e. The number of hydrogen-bond donors (Lipinski definition) is 1. The maximum atomic E-state index is 13.1. The highest BCUT2D eigenvalue weighted by Gasteiger charge is 2.31. The number of imidazole rings is 1. The normalized spacial score (nSPS) is 17.8. The van der Waals surface area contributed by atoms with Crippen LogP contribution in [-0.2, 0) is 7.05 Å². The van der Waals surface area contributed by atoms with Gasteiger partial charge in [0.05, 0.1) is 6.61 Å². The van der Waals surface area contributed by atoms with Crippen LogP contribution in [0.3, 0.4) is 0 Å². The Bertz CT molecular complexity index is 726. The fraction of sp³-hybridized carbons (Fsp3) is 0.444. The Labute approximate surface area is 142 Å². The zero-order valence-corrected chi connectivity index (χ0v) is 14.5. The first-order chi connectivity index (χ1) is 11.6. The molecule has 1 fully saturated rings. The number of aromatic nitrogens is 2. The number of benzene rings is 1. The number of nitrogens with one attached hydrogen (secondary N) is 1. The largest absolute Gasteiger partial charge is 0.494 e. The van der Waals surface area contributed by atoms with Crippen LogP contribution in [0.1, 0.15) is 34.7 Å². The molecular formula is C18H24N4O2. The second-order valence-electron chi connectivity index (χ2n) is 6.03. The minimum Gasteiger partial charge on any atom is -0.494 e. The first-order valence-corrected chi connectivity index (χ1v) is 8.34. The lowest BCUT2D eigenvalue weighted by Crippen LogP contribution is -2.49. The van der Waals surface area contributed by atoms with Gasteiger partial charge in [-0.3, -0.25) is 4.79 Å². The van der Waals surface area contributed by atoms with Gasteiger partial charge in [-0.15, -0.1) is 0 Å². The lowest BCUT2D eigenvalue weighted by atomic mass is 10.1. The van der Waals surface area contributed by atoms with Crippen molar-refractivity contribution in [2.24, 2.45) is 7.05 Å². The van der Waals surface area contributed by atoms with Gasteiger partial charge in [0.1, 0.15) is 17.6 Å². The number of piperazine rings is 1. The minimum absolute atomic E-state index is 0.0189. The summed E-state index contributed by atoms with van der Waals surface area (Å²) in [4.78, 5) is 19.4. The molecule has 0 spiro atoms.